The lowest BCUT2D eigenvalue weighted by molar-refractivity contribution is -0.0492. The summed E-state index contributed by atoms with van der Waals surface area (Å²) in [4.78, 5) is 7.80. The fourth-order valence-corrected chi connectivity index (χ4v) is 15.4. The molecule has 7 heteroatoms. The van der Waals surface area contributed by atoms with Gasteiger partial charge in [0.05, 0.1) is 16.8 Å². The van der Waals surface area contributed by atoms with E-state index in [4.69, 9.17) is 11.6 Å². The molecule has 3 saturated heterocycles. The lowest BCUT2D eigenvalue weighted by Crippen LogP contribution is -2.42. The Balaban J connectivity index is 0.000000174. The lowest BCUT2D eigenvalue weighted by atomic mass is 9.74. The molecule has 3 saturated carbocycles. The molecule has 6 unspecified atom stereocenters. The molecule has 3 heterocycles. The van der Waals surface area contributed by atoms with Crippen molar-refractivity contribution >= 4 is 11.6 Å². The second kappa shape index (κ2) is 34.6. The number of hydrogen-bond donors (Lipinski definition) is 3. The first-order chi connectivity index (χ1) is 38.9. The van der Waals surface area contributed by atoms with E-state index < -0.39 is 16.8 Å². The van der Waals surface area contributed by atoms with Gasteiger partial charge in [-0.25, -0.2) is 0 Å². The summed E-state index contributed by atoms with van der Waals surface area (Å²) < 4.78 is 0. The average Bonchev–Trinajstić information content (AvgIpc) is 4.32. The van der Waals surface area contributed by atoms with Crippen LogP contribution in [-0.4, -0.2) is 88.9 Å². The molecule has 0 aromatic heterocycles. The number of likely N-dealkylation sites (tertiary alicyclic amines) is 3. The summed E-state index contributed by atoms with van der Waals surface area (Å²) in [5.74, 6) is 1.04. The normalized spacial score (nSPS) is 29.6. The molecule has 450 valence electrons. The van der Waals surface area contributed by atoms with Crippen LogP contribution in [0.4, 0.5) is 0 Å². The molecule has 3 aromatic rings. The number of nitrogens with zero attached hydrogens (tertiary/aromatic N) is 3. The van der Waals surface area contributed by atoms with Gasteiger partial charge < -0.3 is 30.0 Å². The van der Waals surface area contributed by atoms with Crippen LogP contribution in [0.3, 0.4) is 0 Å². The predicted octanol–water partition coefficient (Wildman–Crippen LogP) is 18.5. The minimum Gasteiger partial charge on any atom is -0.385 e. The van der Waals surface area contributed by atoms with E-state index in [1.54, 1.807) is 0 Å². The number of hydrogen-bond acceptors (Lipinski definition) is 6. The smallest absolute Gasteiger partial charge is 0.0936 e. The molecule has 80 heavy (non-hydrogen) atoms. The zero-order chi connectivity index (χ0) is 56.4. The number of halogens is 1. The van der Waals surface area contributed by atoms with Crippen molar-refractivity contribution in [1.29, 1.82) is 0 Å². The third-order valence-electron chi connectivity index (χ3n) is 20.5. The van der Waals surface area contributed by atoms with Crippen molar-refractivity contribution in [2.75, 3.05) is 58.9 Å². The molecule has 6 fully saturated rings. The molecule has 3 N–H and O–H groups in total. The third kappa shape index (κ3) is 20.7. The quantitative estimate of drug-likeness (QED) is 0.198. The highest BCUT2D eigenvalue weighted by molar-refractivity contribution is 6.30. The Labute approximate surface area is 496 Å². The Morgan fingerprint density at radius 1 is 0.350 bits per heavy atom. The maximum atomic E-state index is 12.2. The Morgan fingerprint density at radius 3 is 0.912 bits per heavy atom. The van der Waals surface area contributed by atoms with Gasteiger partial charge in [-0.2, -0.15) is 0 Å². The van der Waals surface area contributed by atoms with Gasteiger partial charge in [-0.15, -0.1) is 0 Å². The Morgan fingerprint density at radius 2 is 0.613 bits per heavy atom. The molecule has 3 aromatic carbocycles. The molecule has 0 amide bonds. The molecule has 9 rings (SSSR count). The topological polar surface area (TPSA) is 70.4 Å². The van der Waals surface area contributed by atoms with Gasteiger partial charge in [0.25, 0.3) is 0 Å². The summed E-state index contributed by atoms with van der Waals surface area (Å²) in [5.41, 5.74) is 2.84. The molecular weight excluding hydrogens is 1000 g/mol. The first-order valence-electron chi connectivity index (χ1n) is 34.1. The number of benzene rings is 3. The Bertz CT molecular complexity index is 2080. The van der Waals surface area contributed by atoms with E-state index >= 15 is 0 Å². The van der Waals surface area contributed by atoms with E-state index in [-0.39, 0.29) is 5.41 Å². The molecule has 0 radical (unpaired) electrons. The molecule has 0 spiro atoms. The van der Waals surface area contributed by atoms with E-state index in [1.165, 1.54) is 225 Å². The van der Waals surface area contributed by atoms with Crippen LogP contribution < -0.4 is 0 Å². The molecule has 3 aliphatic carbocycles. The highest BCUT2D eigenvalue weighted by atomic mass is 35.5. The molecule has 6 atom stereocenters. The largest absolute Gasteiger partial charge is 0.385 e. The van der Waals surface area contributed by atoms with Gasteiger partial charge >= 0.3 is 0 Å². The minimum absolute atomic E-state index is 0.155. The van der Waals surface area contributed by atoms with Crippen molar-refractivity contribution in [1.82, 2.24) is 14.7 Å². The molecule has 0 bridgehead atoms. The SMILES string of the molecule is CC(C)(C)c1ccc(C2(O)CCCCCCCCCCC2CN2CCCC2)cc1.OC1(c2ccc(Cl)cc2)CCCCCCCCCCC1CN1CCCC1.OC1(c2ccccc2)CCCCCCCCCCC1CN1CCCC1. The van der Waals surface area contributed by atoms with Gasteiger partial charge in [-0.3, -0.25) is 0 Å². The summed E-state index contributed by atoms with van der Waals surface area (Å²) >= 11 is 6.13. The molecule has 3 aliphatic heterocycles. The van der Waals surface area contributed by atoms with E-state index in [1.807, 2.05) is 12.1 Å². The Kier molecular flexibility index (Phi) is 28.2. The maximum Gasteiger partial charge on any atom is 0.0936 e. The minimum atomic E-state index is -0.716. The average molecular weight is 1120 g/mol. The van der Waals surface area contributed by atoms with Crippen molar-refractivity contribution in [2.45, 2.75) is 274 Å². The van der Waals surface area contributed by atoms with Gasteiger partial charge in [-0.1, -0.05) is 253 Å². The van der Waals surface area contributed by atoms with Crippen LogP contribution in [0.1, 0.15) is 274 Å². The standard InChI is InChI=1S/C27H45NO.C23H36ClNO.C23H37NO/c1-26(2,3)23-15-17-24(18-16-23)27(29)19-11-9-7-5-4-6-8-10-14-25(27)22-28-20-12-13-21-28;24-22-14-12-20(13-15-22)23(26)16-8-6-4-2-1-3-5-7-11-21(23)19-25-17-9-10-18-25;25-23(21-14-9-7-10-15-21)17-11-6-4-2-1-3-5-8-16-22(23)20-24-18-12-13-19-24/h15-18,25,29H,4-14,19-22H2,1-3H3;12-15,21,26H,1-11,16-19H2;7,9-10,14-15,22,25H,1-6,8,11-13,16-20H2. The van der Waals surface area contributed by atoms with Crippen molar-refractivity contribution in [2.24, 2.45) is 17.8 Å². The van der Waals surface area contributed by atoms with E-state index in [0.717, 1.165) is 92.7 Å². The van der Waals surface area contributed by atoms with Gasteiger partial charge in [0, 0.05) is 42.4 Å². The molecular formula is C73H118ClN3O3. The van der Waals surface area contributed by atoms with Crippen LogP contribution in [0, 0.1) is 17.8 Å². The fourth-order valence-electron chi connectivity index (χ4n) is 15.3. The second-order valence-electron chi connectivity index (χ2n) is 27.7. The third-order valence-corrected chi connectivity index (χ3v) is 20.8. The summed E-state index contributed by atoms with van der Waals surface area (Å²) in [5, 5.41) is 36.9. The Hall–Kier alpha value is -2.29. The zero-order valence-corrected chi connectivity index (χ0v) is 52.4. The molecule has 6 aliphatic rings. The van der Waals surface area contributed by atoms with Crippen LogP contribution in [0.5, 0.6) is 0 Å². The first-order valence-corrected chi connectivity index (χ1v) is 34.5. The number of rotatable bonds is 9. The van der Waals surface area contributed by atoms with Gasteiger partial charge in [0.15, 0.2) is 0 Å². The van der Waals surface area contributed by atoms with E-state index in [9.17, 15) is 15.3 Å². The van der Waals surface area contributed by atoms with E-state index in [2.05, 4.69) is 102 Å². The van der Waals surface area contributed by atoms with Crippen LogP contribution in [-0.2, 0) is 22.2 Å². The van der Waals surface area contributed by atoms with Crippen molar-refractivity contribution in [3.8, 4) is 0 Å². The zero-order valence-electron chi connectivity index (χ0n) is 51.6. The van der Waals surface area contributed by atoms with Gasteiger partial charge in [-0.05, 0) is 156 Å². The molecule has 6 nitrogen and oxygen atoms in total. The van der Waals surface area contributed by atoms with E-state index in [0.29, 0.717) is 17.8 Å². The van der Waals surface area contributed by atoms with Crippen molar-refractivity contribution in [3.05, 3.63) is 106 Å². The monoisotopic (exact) mass is 1120 g/mol. The second-order valence-corrected chi connectivity index (χ2v) is 28.1. The van der Waals surface area contributed by atoms with Crippen molar-refractivity contribution in [3.63, 3.8) is 0 Å². The van der Waals surface area contributed by atoms with Crippen LogP contribution in [0.2, 0.25) is 5.02 Å². The number of aliphatic hydroxyl groups is 3. The fraction of sp³-hybridized carbons (Fsp3) is 0.753. The maximum absolute atomic E-state index is 12.2. The highest BCUT2D eigenvalue weighted by Gasteiger charge is 2.42. The summed E-state index contributed by atoms with van der Waals surface area (Å²) in [6, 6.07) is 27.6. The van der Waals surface area contributed by atoms with Gasteiger partial charge in [0.1, 0.15) is 0 Å². The van der Waals surface area contributed by atoms with Crippen LogP contribution in [0.25, 0.3) is 0 Å². The lowest BCUT2D eigenvalue weighted by Gasteiger charge is -2.40. The highest BCUT2D eigenvalue weighted by Crippen LogP contribution is 2.43. The summed E-state index contributed by atoms with van der Waals surface area (Å²) in [7, 11) is 0. The summed E-state index contributed by atoms with van der Waals surface area (Å²) in [6.07, 6.45) is 45.4. The van der Waals surface area contributed by atoms with Crippen LogP contribution in [0.15, 0.2) is 78.9 Å². The van der Waals surface area contributed by atoms with Crippen LogP contribution >= 0.6 is 11.6 Å². The van der Waals surface area contributed by atoms with Crippen molar-refractivity contribution < 1.29 is 15.3 Å². The first kappa shape index (κ1) is 65.3. The summed E-state index contributed by atoms with van der Waals surface area (Å²) in [6.45, 7) is 17.3. The predicted molar refractivity (Wildman–Crippen MR) is 341 cm³/mol. The van der Waals surface area contributed by atoms with Gasteiger partial charge in [0.2, 0.25) is 0 Å².